The summed E-state index contributed by atoms with van der Waals surface area (Å²) in [4.78, 5) is 13.3. The van der Waals surface area contributed by atoms with Gasteiger partial charge in [0.2, 0.25) is 5.91 Å². The van der Waals surface area contributed by atoms with Crippen molar-refractivity contribution in [3.63, 3.8) is 0 Å². The van der Waals surface area contributed by atoms with Gasteiger partial charge in [0.05, 0.1) is 21.7 Å². The van der Waals surface area contributed by atoms with Crippen molar-refractivity contribution in [2.24, 2.45) is 5.92 Å². The highest BCUT2D eigenvalue weighted by molar-refractivity contribution is 7.92. The lowest BCUT2D eigenvalue weighted by Gasteiger charge is -2.20. The summed E-state index contributed by atoms with van der Waals surface area (Å²) in [7, 11) is -3.98. The molecule has 1 saturated heterocycles. The van der Waals surface area contributed by atoms with Gasteiger partial charge in [-0.1, -0.05) is 11.6 Å². The molecule has 1 aliphatic carbocycles. The zero-order valence-corrected chi connectivity index (χ0v) is 18.0. The number of alkyl halides is 5. The Morgan fingerprint density at radius 2 is 1.97 bits per heavy atom. The molecule has 5 nitrogen and oxygen atoms in total. The molecular formula is C19H21ClF5NO4S. The molecule has 1 saturated carbocycles. The minimum atomic E-state index is -4.60. The van der Waals surface area contributed by atoms with Crippen LogP contribution in [0, 0.1) is 5.92 Å². The SMILES string of the molecule is C[C@H](Oc1ccc(S(=O)(=O)[C@@H]2CC[C@@H](C(=O)N3CCC(F)(F)C3)C2)c(Cl)c1)C(F)(F)F. The van der Waals surface area contributed by atoms with Crippen molar-refractivity contribution in [1.82, 2.24) is 4.90 Å². The van der Waals surface area contributed by atoms with E-state index in [1.54, 1.807) is 0 Å². The lowest BCUT2D eigenvalue weighted by molar-refractivity contribution is -0.189. The molecule has 0 N–H and O–H groups in total. The predicted octanol–water partition coefficient (Wildman–Crippen LogP) is 4.48. The van der Waals surface area contributed by atoms with E-state index >= 15 is 0 Å². The van der Waals surface area contributed by atoms with E-state index in [2.05, 4.69) is 0 Å². The maximum absolute atomic E-state index is 13.4. The summed E-state index contributed by atoms with van der Waals surface area (Å²) in [5.74, 6) is -4.32. The minimum Gasteiger partial charge on any atom is -0.481 e. The molecule has 0 unspecified atom stereocenters. The van der Waals surface area contributed by atoms with E-state index in [-0.39, 0.29) is 41.5 Å². The Kier molecular flexibility index (Phi) is 6.50. The Labute approximate surface area is 181 Å². The van der Waals surface area contributed by atoms with Crippen LogP contribution >= 0.6 is 11.6 Å². The number of benzene rings is 1. The average Bonchev–Trinajstić information content (AvgIpc) is 3.27. The van der Waals surface area contributed by atoms with Crippen LogP contribution < -0.4 is 4.74 Å². The van der Waals surface area contributed by atoms with Crippen molar-refractivity contribution in [3.05, 3.63) is 23.2 Å². The monoisotopic (exact) mass is 489 g/mol. The van der Waals surface area contributed by atoms with Crippen LogP contribution in [0.25, 0.3) is 0 Å². The summed E-state index contributed by atoms with van der Waals surface area (Å²) in [6, 6.07) is 3.16. The molecule has 0 aromatic heterocycles. The highest BCUT2D eigenvalue weighted by Gasteiger charge is 2.45. The molecular weight excluding hydrogens is 469 g/mol. The van der Waals surface area contributed by atoms with Crippen molar-refractivity contribution in [2.75, 3.05) is 13.1 Å². The molecule has 1 aromatic rings. The lowest BCUT2D eigenvalue weighted by Crippen LogP contribution is -2.35. The average molecular weight is 490 g/mol. The van der Waals surface area contributed by atoms with Crippen LogP contribution in [0.4, 0.5) is 22.0 Å². The zero-order chi connectivity index (χ0) is 23.2. The molecule has 0 bridgehead atoms. The van der Waals surface area contributed by atoms with E-state index in [1.165, 1.54) is 0 Å². The molecule has 2 aliphatic rings. The van der Waals surface area contributed by atoms with Gasteiger partial charge in [-0.3, -0.25) is 4.79 Å². The highest BCUT2D eigenvalue weighted by atomic mass is 35.5. The summed E-state index contributed by atoms with van der Waals surface area (Å²) >= 11 is 6.03. The van der Waals surface area contributed by atoms with E-state index in [4.69, 9.17) is 16.3 Å². The normalized spacial score (nSPS) is 24.9. The van der Waals surface area contributed by atoms with Gasteiger partial charge in [0.1, 0.15) is 5.75 Å². The highest BCUT2D eigenvalue weighted by Crippen LogP contribution is 2.39. The second-order valence-corrected chi connectivity index (χ2v) is 10.5. The van der Waals surface area contributed by atoms with Crippen LogP contribution in [0.2, 0.25) is 5.02 Å². The number of rotatable bonds is 5. The van der Waals surface area contributed by atoms with E-state index in [9.17, 15) is 35.2 Å². The summed E-state index contributed by atoms with van der Waals surface area (Å²) in [6.07, 6.45) is -6.74. The van der Waals surface area contributed by atoms with Gasteiger partial charge in [-0.05, 0) is 38.3 Å². The number of likely N-dealkylation sites (tertiary alicyclic amines) is 1. The van der Waals surface area contributed by atoms with Gasteiger partial charge >= 0.3 is 6.18 Å². The number of ether oxygens (including phenoxy) is 1. The molecule has 3 rings (SSSR count). The maximum atomic E-state index is 13.4. The Morgan fingerprint density at radius 1 is 1.29 bits per heavy atom. The van der Waals surface area contributed by atoms with Gasteiger partial charge in [0, 0.05) is 24.9 Å². The van der Waals surface area contributed by atoms with Crippen LogP contribution in [-0.2, 0) is 14.6 Å². The summed E-state index contributed by atoms with van der Waals surface area (Å²) in [5.41, 5.74) is 0. The molecule has 1 heterocycles. The second kappa shape index (κ2) is 8.38. The standard InChI is InChI=1S/C19H21ClF5NO4S/c1-11(19(23,24)25)30-13-3-5-16(15(20)9-13)31(28,29)14-4-2-12(8-14)17(27)26-7-6-18(21,22)10-26/h3,5,9,11-12,14H,2,4,6-8,10H2,1H3/t11-,12+,14+/m0/s1. The van der Waals surface area contributed by atoms with Crippen molar-refractivity contribution in [1.29, 1.82) is 0 Å². The number of carbonyl (C=O) groups is 1. The van der Waals surface area contributed by atoms with E-state index in [0.717, 1.165) is 30.0 Å². The number of hydrogen-bond acceptors (Lipinski definition) is 4. The summed E-state index contributed by atoms with van der Waals surface area (Å²) in [5, 5.41) is -1.23. The fourth-order valence-electron chi connectivity index (χ4n) is 3.86. The molecule has 2 fully saturated rings. The first kappa shape index (κ1) is 24.0. The summed E-state index contributed by atoms with van der Waals surface area (Å²) < 4.78 is 95.4. The Hall–Kier alpha value is -1.62. The Morgan fingerprint density at radius 3 is 2.52 bits per heavy atom. The molecule has 0 radical (unpaired) electrons. The first-order valence-corrected chi connectivity index (χ1v) is 11.6. The first-order valence-electron chi connectivity index (χ1n) is 9.64. The lowest BCUT2D eigenvalue weighted by atomic mass is 10.1. The number of sulfone groups is 1. The van der Waals surface area contributed by atoms with E-state index < -0.39 is 58.1 Å². The fourth-order valence-corrected chi connectivity index (χ4v) is 6.24. The van der Waals surface area contributed by atoms with Gasteiger partial charge in [-0.25, -0.2) is 17.2 Å². The molecule has 31 heavy (non-hydrogen) atoms. The Balaban J connectivity index is 1.70. The third kappa shape index (κ3) is 5.24. The van der Waals surface area contributed by atoms with Gasteiger partial charge in [0.25, 0.3) is 5.92 Å². The van der Waals surface area contributed by atoms with Gasteiger partial charge < -0.3 is 9.64 Å². The predicted molar refractivity (Wildman–Crippen MR) is 102 cm³/mol. The quantitative estimate of drug-likeness (QED) is 0.572. The third-order valence-corrected chi connectivity index (χ3v) is 8.34. The molecule has 174 valence electrons. The number of carbonyl (C=O) groups excluding carboxylic acids is 1. The third-order valence-electron chi connectivity index (χ3n) is 5.64. The van der Waals surface area contributed by atoms with Crippen LogP contribution in [0.3, 0.4) is 0 Å². The van der Waals surface area contributed by atoms with Gasteiger partial charge in [0.15, 0.2) is 15.9 Å². The molecule has 1 amide bonds. The van der Waals surface area contributed by atoms with Gasteiger partial charge in [-0.15, -0.1) is 0 Å². The van der Waals surface area contributed by atoms with Crippen molar-refractivity contribution < 1.29 is 39.9 Å². The number of amides is 1. The topological polar surface area (TPSA) is 63.7 Å². The Bertz CT molecular complexity index is 953. The smallest absolute Gasteiger partial charge is 0.425 e. The van der Waals surface area contributed by atoms with Crippen LogP contribution in [0.15, 0.2) is 23.1 Å². The van der Waals surface area contributed by atoms with Crippen molar-refractivity contribution in [2.45, 2.75) is 61.0 Å². The van der Waals surface area contributed by atoms with Crippen molar-refractivity contribution >= 4 is 27.3 Å². The molecule has 0 spiro atoms. The maximum Gasteiger partial charge on any atom is 0.425 e. The van der Waals surface area contributed by atoms with Crippen LogP contribution in [0.5, 0.6) is 5.75 Å². The molecule has 1 aliphatic heterocycles. The number of halogens is 6. The largest absolute Gasteiger partial charge is 0.481 e. The fraction of sp³-hybridized carbons (Fsp3) is 0.632. The molecule has 3 atom stereocenters. The number of hydrogen-bond donors (Lipinski definition) is 0. The molecule has 12 heteroatoms. The van der Waals surface area contributed by atoms with Gasteiger partial charge in [-0.2, -0.15) is 13.2 Å². The van der Waals surface area contributed by atoms with Crippen LogP contribution in [0.1, 0.15) is 32.6 Å². The van der Waals surface area contributed by atoms with Crippen LogP contribution in [-0.4, -0.2) is 55.8 Å². The minimum absolute atomic E-state index is 0.0249. The first-order chi connectivity index (χ1) is 14.2. The van der Waals surface area contributed by atoms with Crippen molar-refractivity contribution in [3.8, 4) is 5.75 Å². The molecule has 1 aromatic carbocycles. The van der Waals surface area contributed by atoms with E-state index in [0.29, 0.717) is 0 Å². The zero-order valence-electron chi connectivity index (χ0n) is 16.5. The number of nitrogens with zero attached hydrogens (tertiary/aromatic N) is 1. The van der Waals surface area contributed by atoms with E-state index in [1.807, 2.05) is 0 Å². The second-order valence-electron chi connectivity index (χ2n) is 7.94. The summed E-state index contributed by atoms with van der Waals surface area (Å²) in [6.45, 7) is 0.0806.